The van der Waals surface area contributed by atoms with Gasteiger partial charge in [-0.2, -0.15) is 0 Å². The van der Waals surface area contributed by atoms with Crippen LogP contribution in [0.2, 0.25) is 0 Å². The maximum atomic E-state index is 12.1. The number of anilines is 2. The fourth-order valence-electron chi connectivity index (χ4n) is 2.15. The van der Waals surface area contributed by atoms with Gasteiger partial charge in [0.1, 0.15) is 5.82 Å². The Labute approximate surface area is 159 Å². The summed E-state index contributed by atoms with van der Waals surface area (Å²) in [6.07, 6.45) is 2.44. The van der Waals surface area contributed by atoms with Gasteiger partial charge in [0.25, 0.3) is 0 Å². The van der Waals surface area contributed by atoms with Gasteiger partial charge in [-0.1, -0.05) is 6.92 Å². The summed E-state index contributed by atoms with van der Waals surface area (Å²) in [6, 6.07) is 3.49. The summed E-state index contributed by atoms with van der Waals surface area (Å²) in [4.78, 5) is 35.2. The molecule has 134 valence electrons. The third-order valence-corrected chi connectivity index (χ3v) is 4.69. The summed E-state index contributed by atoms with van der Waals surface area (Å²) in [7, 11) is 1.71. The number of hydrogen-bond donors (Lipinski definition) is 2. The molecule has 0 radical (unpaired) electrons. The second kappa shape index (κ2) is 9.02. The highest BCUT2D eigenvalue weighted by Gasteiger charge is 2.13. The Balaban J connectivity index is 1.80. The molecule has 7 nitrogen and oxygen atoms in total. The number of nitrogens with one attached hydrogen (secondary N) is 2. The van der Waals surface area contributed by atoms with E-state index in [1.54, 1.807) is 30.3 Å². The number of hydrogen-bond acceptors (Lipinski definition) is 6. The molecule has 0 aliphatic rings. The number of carbonyl (C=O) groups excluding carboxylic acids is 2. The minimum atomic E-state index is -0.233. The minimum Gasteiger partial charge on any atom is -0.310 e. The lowest BCUT2D eigenvalue weighted by molar-refractivity contribution is -0.119. The maximum Gasteiger partial charge on any atom is 0.240 e. The molecule has 2 heterocycles. The molecule has 0 aliphatic heterocycles. The number of pyridine rings is 1. The number of aryl methyl sites for hydroxylation is 2. The van der Waals surface area contributed by atoms with E-state index in [1.165, 1.54) is 11.3 Å². The fraction of sp³-hybridized carbons (Fsp3) is 0.375. The highest BCUT2D eigenvalue weighted by atomic mass is 79.9. The second-order valence-corrected chi connectivity index (χ2v) is 7.62. The molecule has 0 atom stereocenters. The van der Waals surface area contributed by atoms with Crippen molar-refractivity contribution < 1.29 is 9.59 Å². The molecule has 0 aromatic carbocycles. The Morgan fingerprint density at radius 1 is 1.24 bits per heavy atom. The zero-order chi connectivity index (χ0) is 18.4. The average molecular weight is 426 g/mol. The van der Waals surface area contributed by atoms with E-state index in [-0.39, 0.29) is 24.9 Å². The van der Waals surface area contributed by atoms with E-state index in [0.29, 0.717) is 10.9 Å². The van der Waals surface area contributed by atoms with Crippen LogP contribution in [0.3, 0.4) is 0 Å². The number of halogens is 1. The van der Waals surface area contributed by atoms with Crippen molar-refractivity contribution >= 4 is 50.0 Å². The van der Waals surface area contributed by atoms with Crippen LogP contribution in [0.1, 0.15) is 17.5 Å². The number of carbonyl (C=O) groups is 2. The van der Waals surface area contributed by atoms with Crippen molar-refractivity contribution in [3.05, 3.63) is 33.4 Å². The highest BCUT2D eigenvalue weighted by Crippen LogP contribution is 2.22. The van der Waals surface area contributed by atoms with Gasteiger partial charge in [0.05, 0.1) is 18.8 Å². The Morgan fingerprint density at radius 3 is 2.48 bits per heavy atom. The molecule has 0 bridgehead atoms. The zero-order valence-corrected chi connectivity index (χ0v) is 16.7. The van der Waals surface area contributed by atoms with Crippen LogP contribution in [0.5, 0.6) is 0 Å². The first kappa shape index (κ1) is 19.5. The lowest BCUT2D eigenvalue weighted by Gasteiger charge is -2.15. The van der Waals surface area contributed by atoms with Gasteiger partial charge >= 0.3 is 0 Å². The predicted molar refractivity (Wildman–Crippen MR) is 103 cm³/mol. The van der Waals surface area contributed by atoms with Gasteiger partial charge in [-0.15, -0.1) is 11.3 Å². The predicted octanol–water partition coefficient (Wildman–Crippen LogP) is 2.68. The van der Waals surface area contributed by atoms with Gasteiger partial charge in [0, 0.05) is 15.5 Å². The van der Waals surface area contributed by atoms with Crippen molar-refractivity contribution in [1.82, 2.24) is 14.9 Å². The van der Waals surface area contributed by atoms with E-state index in [0.717, 1.165) is 21.5 Å². The summed E-state index contributed by atoms with van der Waals surface area (Å²) < 4.78 is 0.836. The standard InChI is InChI=1S/C16H20BrN5O2S/c1-4-12-10(2)25-16(19-12)21-15(24)9-22(3)8-14(23)20-13-6-5-11(17)7-18-13/h5-7H,4,8-9H2,1-3H3,(H,18,20,23)(H,19,21,24). The summed E-state index contributed by atoms with van der Waals surface area (Å²) >= 11 is 4.74. The number of likely N-dealkylation sites (N-methyl/N-ethyl adjacent to an activating group) is 1. The van der Waals surface area contributed by atoms with Gasteiger partial charge in [-0.25, -0.2) is 9.97 Å². The van der Waals surface area contributed by atoms with E-state index >= 15 is 0 Å². The summed E-state index contributed by atoms with van der Waals surface area (Å²) in [6.45, 7) is 4.20. The molecule has 0 aliphatic carbocycles. The van der Waals surface area contributed by atoms with Crippen molar-refractivity contribution in [2.45, 2.75) is 20.3 Å². The van der Waals surface area contributed by atoms with Crippen molar-refractivity contribution in [3.8, 4) is 0 Å². The molecule has 2 amide bonds. The molecular formula is C16H20BrN5O2S. The molecule has 2 aromatic rings. The Hall–Kier alpha value is -1.84. The number of rotatable bonds is 7. The smallest absolute Gasteiger partial charge is 0.240 e. The van der Waals surface area contributed by atoms with Crippen LogP contribution >= 0.6 is 27.3 Å². The number of amides is 2. The lowest BCUT2D eigenvalue weighted by Crippen LogP contribution is -2.36. The largest absolute Gasteiger partial charge is 0.310 e. The third-order valence-electron chi connectivity index (χ3n) is 3.30. The first-order chi connectivity index (χ1) is 11.9. The summed E-state index contributed by atoms with van der Waals surface area (Å²) in [5, 5.41) is 6.06. The number of aromatic nitrogens is 2. The molecule has 0 unspecified atom stereocenters. The van der Waals surface area contributed by atoms with Crippen LogP contribution in [-0.4, -0.2) is 46.8 Å². The zero-order valence-electron chi connectivity index (χ0n) is 14.3. The van der Waals surface area contributed by atoms with E-state index in [4.69, 9.17) is 0 Å². The molecular weight excluding hydrogens is 406 g/mol. The van der Waals surface area contributed by atoms with Crippen LogP contribution in [-0.2, 0) is 16.0 Å². The Morgan fingerprint density at radius 2 is 1.92 bits per heavy atom. The van der Waals surface area contributed by atoms with Crippen molar-refractivity contribution in [2.24, 2.45) is 0 Å². The molecule has 2 aromatic heterocycles. The second-order valence-electron chi connectivity index (χ2n) is 5.51. The maximum absolute atomic E-state index is 12.1. The topological polar surface area (TPSA) is 87.2 Å². The average Bonchev–Trinajstić information content (AvgIpc) is 2.88. The first-order valence-corrected chi connectivity index (χ1v) is 9.34. The Bertz CT molecular complexity index is 747. The molecule has 0 saturated carbocycles. The molecule has 2 N–H and O–H groups in total. The summed E-state index contributed by atoms with van der Waals surface area (Å²) in [5.41, 5.74) is 0.995. The quantitative estimate of drug-likeness (QED) is 0.711. The summed E-state index contributed by atoms with van der Waals surface area (Å²) in [5.74, 6) is 0.0355. The van der Waals surface area contributed by atoms with E-state index < -0.39 is 0 Å². The van der Waals surface area contributed by atoms with E-state index in [9.17, 15) is 9.59 Å². The highest BCUT2D eigenvalue weighted by molar-refractivity contribution is 9.10. The van der Waals surface area contributed by atoms with Gasteiger partial charge < -0.3 is 10.6 Å². The van der Waals surface area contributed by atoms with Gasteiger partial charge in [-0.05, 0) is 48.5 Å². The van der Waals surface area contributed by atoms with Gasteiger partial charge in [-0.3, -0.25) is 14.5 Å². The van der Waals surface area contributed by atoms with Crippen LogP contribution in [0, 0.1) is 6.92 Å². The van der Waals surface area contributed by atoms with Crippen LogP contribution < -0.4 is 10.6 Å². The molecule has 0 saturated heterocycles. The van der Waals surface area contributed by atoms with Crippen molar-refractivity contribution in [2.75, 3.05) is 30.8 Å². The monoisotopic (exact) mass is 425 g/mol. The van der Waals surface area contributed by atoms with Crippen molar-refractivity contribution in [3.63, 3.8) is 0 Å². The minimum absolute atomic E-state index is 0.0856. The molecule has 9 heteroatoms. The molecule has 0 spiro atoms. The SMILES string of the molecule is CCc1nc(NC(=O)CN(C)CC(=O)Nc2ccc(Br)cn2)sc1C. The van der Waals surface area contributed by atoms with Crippen LogP contribution in [0.25, 0.3) is 0 Å². The molecule has 25 heavy (non-hydrogen) atoms. The van der Waals surface area contributed by atoms with Gasteiger partial charge in [0.15, 0.2) is 5.13 Å². The van der Waals surface area contributed by atoms with E-state index in [1.807, 2.05) is 13.8 Å². The normalized spacial score (nSPS) is 10.8. The number of nitrogens with zero attached hydrogens (tertiary/aromatic N) is 3. The molecule has 2 rings (SSSR count). The lowest BCUT2D eigenvalue weighted by atomic mass is 10.3. The Kier molecular flexibility index (Phi) is 7.03. The first-order valence-electron chi connectivity index (χ1n) is 7.73. The number of thiazole rings is 1. The third kappa shape index (κ3) is 6.18. The van der Waals surface area contributed by atoms with Gasteiger partial charge in [0.2, 0.25) is 11.8 Å². The van der Waals surface area contributed by atoms with Crippen molar-refractivity contribution in [1.29, 1.82) is 0 Å². The van der Waals surface area contributed by atoms with E-state index in [2.05, 4.69) is 36.5 Å². The fourth-order valence-corrected chi connectivity index (χ4v) is 3.30. The molecule has 0 fully saturated rings. The van der Waals surface area contributed by atoms with Crippen LogP contribution in [0.15, 0.2) is 22.8 Å². The van der Waals surface area contributed by atoms with Crippen LogP contribution in [0.4, 0.5) is 10.9 Å².